The zero-order valence-electron chi connectivity index (χ0n) is 14.6. The summed E-state index contributed by atoms with van der Waals surface area (Å²) in [4.78, 5) is 18.6. The van der Waals surface area contributed by atoms with E-state index in [1.165, 1.54) is 0 Å². The maximum Gasteiger partial charge on any atom is 0.227 e. The first-order valence-electron chi connectivity index (χ1n) is 8.76. The summed E-state index contributed by atoms with van der Waals surface area (Å²) < 4.78 is 5.84. The molecule has 1 fully saturated rings. The van der Waals surface area contributed by atoms with Gasteiger partial charge in [-0.25, -0.2) is 4.98 Å². The number of rotatable bonds is 5. The largest absolute Gasteiger partial charge is 0.384 e. The van der Waals surface area contributed by atoms with Crippen LogP contribution in [0.15, 0.2) is 42.6 Å². The van der Waals surface area contributed by atoms with Gasteiger partial charge in [0.15, 0.2) is 0 Å². The van der Waals surface area contributed by atoms with E-state index in [2.05, 4.69) is 4.98 Å². The molecule has 1 aromatic carbocycles. The zero-order valence-corrected chi connectivity index (χ0v) is 14.6. The van der Waals surface area contributed by atoms with Crippen LogP contribution >= 0.6 is 0 Å². The first kappa shape index (κ1) is 17.4. The standard InChI is InChI=1S/C20H25N3O2/c1-15-4-2-3-5-17(15)13-20(24)23-10-11-25-18(14-23)7-6-16-8-9-22-19(21)12-16/h2-5,8-9,12,18H,6-7,10-11,13-14H2,1H3,(H2,21,22)/t18-/m1/s1. The van der Waals surface area contributed by atoms with Gasteiger partial charge in [-0.1, -0.05) is 24.3 Å². The molecule has 1 aliphatic rings. The zero-order chi connectivity index (χ0) is 17.6. The summed E-state index contributed by atoms with van der Waals surface area (Å²) in [5, 5.41) is 0. The average molecular weight is 339 g/mol. The molecule has 5 nitrogen and oxygen atoms in total. The average Bonchev–Trinajstić information content (AvgIpc) is 2.62. The van der Waals surface area contributed by atoms with Crippen LogP contribution in [0.4, 0.5) is 5.82 Å². The van der Waals surface area contributed by atoms with E-state index < -0.39 is 0 Å². The summed E-state index contributed by atoms with van der Waals surface area (Å²) in [5.41, 5.74) is 9.13. The molecule has 1 saturated heterocycles. The number of amides is 1. The monoisotopic (exact) mass is 339 g/mol. The van der Waals surface area contributed by atoms with Gasteiger partial charge in [-0.05, 0) is 48.6 Å². The van der Waals surface area contributed by atoms with E-state index in [1.807, 2.05) is 48.2 Å². The maximum atomic E-state index is 12.6. The molecule has 1 aliphatic heterocycles. The van der Waals surface area contributed by atoms with Crippen molar-refractivity contribution in [3.05, 3.63) is 59.3 Å². The maximum absolute atomic E-state index is 12.6. The topological polar surface area (TPSA) is 68.5 Å². The minimum Gasteiger partial charge on any atom is -0.384 e. The molecule has 2 N–H and O–H groups in total. The number of ether oxygens (including phenoxy) is 1. The van der Waals surface area contributed by atoms with Crippen LogP contribution in [-0.2, 0) is 22.4 Å². The molecule has 3 rings (SSSR count). The number of aromatic nitrogens is 1. The third-order valence-corrected chi connectivity index (χ3v) is 4.69. The van der Waals surface area contributed by atoms with E-state index in [0.717, 1.165) is 29.5 Å². The van der Waals surface area contributed by atoms with Gasteiger partial charge in [0, 0.05) is 19.3 Å². The number of benzene rings is 1. The van der Waals surface area contributed by atoms with Crippen LogP contribution in [0.25, 0.3) is 0 Å². The second-order valence-corrected chi connectivity index (χ2v) is 6.56. The predicted octanol–water partition coefficient (Wildman–Crippen LogP) is 2.37. The molecule has 1 aromatic heterocycles. The van der Waals surface area contributed by atoms with E-state index in [1.54, 1.807) is 6.20 Å². The molecule has 0 spiro atoms. The van der Waals surface area contributed by atoms with Crippen molar-refractivity contribution in [1.82, 2.24) is 9.88 Å². The Morgan fingerprint density at radius 3 is 3.00 bits per heavy atom. The minimum atomic E-state index is 0.0731. The van der Waals surface area contributed by atoms with E-state index in [0.29, 0.717) is 31.9 Å². The van der Waals surface area contributed by atoms with Gasteiger partial charge in [-0.15, -0.1) is 0 Å². The lowest BCUT2D eigenvalue weighted by Gasteiger charge is -2.33. The number of aryl methyl sites for hydroxylation is 2. The summed E-state index contributed by atoms with van der Waals surface area (Å²) in [6.07, 6.45) is 4.00. The molecule has 1 amide bonds. The van der Waals surface area contributed by atoms with Crippen molar-refractivity contribution in [2.75, 3.05) is 25.4 Å². The summed E-state index contributed by atoms with van der Waals surface area (Å²) >= 11 is 0. The van der Waals surface area contributed by atoms with Crippen LogP contribution in [0, 0.1) is 6.92 Å². The predicted molar refractivity (Wildman–Crippen MR) is 98.2 cm³/mol. The number of nitrogens with zero attached hydrogens (tertiary/aromatic N) is 2. The fourth-order valence-corrected chi connectivity index (χ4v) is 3.18. The number of anilines is 1. The van der Waals surface area contributed by atoms with Crippen LogP contribution in [0.1, 0.15) is 23.1 Å². The highest BCUT2D eigenvalue weighted by Gasteiger charge is 2.24. The van der Waals surface area contributed by atoms with Crippen molar-refractivity contribution in [2.24, 2.45) is 0 Å². The fraction of sp³-hybridized carbons (Fsp3) is 0.400. The number of hydrogen-bond donors (Lipinski definition) is 1. The third-order valence-electron chi connectivity index (χ3n) is 4.69. The molecule has 2 aromatic rings. The second-order valence-electron chi connectivity index (χ2n) is 6.56. The van der Waals surface area contributed by atoms with E-state index in [9.17, 15) is 4.79 Å². The molecule has 0 unspecified atom stereocenters. The smallest absolute Gasteiger partial charge is 0.227 e. The minimum absolute atomic E-state index is 0.0731. The molecule has 132 valence electrons. The molecular weight excluding hydrogens is 314 g/mol. The number of nitrogen functional groups attached to an aromatic ring is 1. The van der Waals surface area contributed by atoms with Crippen LogP contribution in [-0.4, -0.2) is 41.6 Å². The van der Waals surface area contributed by atoms with Gasteiger partial charge in [-0.2, -0.15) is 0 Å². The molecule has 1 atom stereocenters. The van der Waals surface area contributed by atoms with Crippen molar-refractivity contribution in [3.8, 4) is 0 Å². The van der Waals surface area contributed by atoms with E-state index in [-0.39, 0.29) is 12.0 Å². The number of morpholine rings is 1. The Bertz CT molecular complexity index is 732. The summed E-state index contributed by atoms with van der Waals surface area (Å²) in [6.45, 7) is 3.97. The van der Waals surface area contributed by atoms with Gasteiger partial charge in [-0.3, -0.25) is 4.79 Å². The quantitative estimate of drug-likeness (QED) is 0.908. The molecule has 25 heavy (non-hydrogen) atoms. The van der Waals surface area contributed by atoms with Crippen LogP contribution in [0.2, 0.25) is 0 Å². The summed E-state index contributed by atoms with van der Waals surface area (Å²) in [6, 6.07) is 11.9. The Morgan fingerprint density at radius 2 is 2.20 bits per heavy atom. The van der Waals surface area contributed by atoms with E-state index >= 15 is 0 Å². The summed E-state index contributed by atoms with van der Waals surface area (Å²) in [7, 11) is 0. The van der Waals surface area contributed by atoms with Gasteiger partial charge in [0.05, 0.1) is 19.1 Å². The molecule has 0 bridgehead atoms. The highest BCUT2D eigenvalue weighted by atomic mass is 16.5. The second kappa shape index (κ2) is 8.12. The Balaban J connectivity index is 1.53. The first-order valence-corrected chi connectivity index (χ1v) is 8.76. The van der Waals surface area contributed by atoms with Crippen LogP contribution in [0.5, 0.6) is 0 Å². The molecule has 0 radical (unpaired) electrons. The SMILES string of the molecule is Cc1ccccc1CC(=O)N1CCO[C@H](CCc2ccnc(N)c2)C1. The summed E-state index contributed by atoms with van der Waals surface area (Å²) in [5.74, 6) is 0.716. The Labute approximate surface area is 148 Å². The number of hydrogen-bond acceptors (Lipinski definition) is 4. The molecule has 0 aliphatic carbocycles. The molecule has 2 heterocycles. The van der Waals surface area contributed by atoms with Gasteiger partial charge in [0.1, 0.15) is 5.82 Å². The van der Waals surface area contributed by atoms with Crippen molar-refractivity contribution in [3.63, 3.8) is 0 Å². The molecule has 5 heteroatoms. The lowest BCUT2D eigenvalue weighted by molar-refractivity contribution is -0.138. The van der Waals surface area contributed by atoms with Gasteiger partial charge in [0.25, 0.3) is 0 Å². The van der Waals surface area contributed by atoms with Crippen molar-refractivity contribution in [2.45, 2.75) is 32.3 Å². The number of pyridine rings is 1. The van der Waals surface area contributed by atoms with Crippen LogP contribution in [0.3, 0.4) is 0 Å². The first-order chi connectivity index (χ1) is 12.1. The Kier molecular flexibility index (Phi) is 5.66. The fourth-order valence-electron chi connectivity index (χ4n) is 3.18. The Hall–Kier alpha value is -2.40. The van der Waals surface area contributed by atoms with Gasteiger partial charge < -0.3 is 15.4 Å². The van der Waals surface area contributed by atoms with Crippen molar-refractivity contribution >= 4 is 11.7 Å². The lowest BCUT2D eigenvalue weighted by atomic mass is 10.0. The Morgan fingerprint density at radius 1 is 1.36 bits per heavy atom. The van der Waals surface area contributed by atoms with Crippen LogP contribution < -0.4 is 5.73 Å². The number of nitrogens with two attached hydrogens (primary N) is 1. The lowest BCUT2D eigenvalue weighted by Crippen LogP contribution is -2.46. The number of carbonyl (C=O) groups is 1. The third kappa shape index (κ3) is 4.79. The van der Waals surface area contributed by atoms with Gasteiger partial charge in [0.2, 0.25) is 5.91 Å². The molecule has 0 saturated carbocycles. The van der Waals surface area contributed by atoms with Crippen molar-refractivity contribution < 1.29 is 9.53 Å². The van der Waals surface area contributed by atoms with Gasteiger partial charge >= 0.3 is 0 Å². The number of carbonyl (C=O) groups excluding carboxylic acids is 1. The van der Waals surface area contributed by atoms with E-state index in [4.69, 9.17) is 10.5 Å². The normalized spacial score (nSPS) is 17.5. The van der Waals surface area contributed by atoms with Crippen molar-refractivity contribution in [1.29, 1.82) is 0 Å². The highest BCUT2D eigenvalue weighted by Crippen LogP contribution is 2.16. The highest BCUT2D eigenvalue weighted by molar-refractivity contribution is 5.79. The molecular formula is C20H25N3O2.